The average Bonchev–Trinajstić information content (AvgIpc) is 3.63. The number of fused-ring (bicyclic) bond motifs is 6. The van der Waals surface area contributed by atoms with Crippen LogP contribution in [0, 0.1) is 69.5 Å². The number of aliphatic hydroxyl groups excluding tert-OH is 5. The van der Waals surface area contributed by atoms with E-state index in [-0.39, 0.29) is 81.2 Å². The number of allylic oxidation sites excluding steroid dienone is 4. The Morgan fingerprint density at radius 3 is 2.49 bits per heavy atom. The van der Waals surface area contributed by atoms with Crippen LogP contribution >= 0.6 is 0 Å². The van der Waals surface area contributed by atoms with Gasteiger partial charge >= 0.3 is 0 Å². The number of carbonyl (C=O) groups is 1. The molecule has 21 atom stereocenters. The summed E-state index contributed by atoms with van der Waals surface area (Å²) in [5.74, 6) is 2.67. The van der Waals surface area contributed by atoms with Crippen LogP contribution in [0.4, 0.5) is 0 Å². The lowest BCUT2D eigenvalue weighted by Gasteiger charge is -2.70. The maximum absolute atomic E-state index is 16.1. The molecule has 0 amide bonds. The van der Waals surface area contributed by atoms with E-state index in [1.807, 2.05) is 24.4 Å². The van der Waals surface area contributed by atoms with Gasteiger partial charge in [-0.1, -0.05) is 50.3 Å². The lowest BCUT2D eigenvalue weighted by Crippen LogP contribution is -2.76. The lowest BCUT2D eigenvalue weighted by atomic mass is 9.34. The zero-order valence-electron chi connectivity index (χ0n) is 39.6. The molecule has 13 N–H and O–H groups in total. The highest BCUT2D eigenvalue weighted by molar-refractivity contribution is 6.03. The molecule has 67 heavy (non-hydrogen) atoms. The van der Waals surface area contributed by atoms with Crippen molar-refractivity contribution in [1.82, 2.24) is 10.6 Å². The number of dihydropyridines is 1. The van der Waals surface area contributed by atoms with Gasteiger partial charge in [0.25, 0.3) is 0 Å². The number of hydrogen-bond acceptors (Lipinski definition) is 14. The quantitative estimate of drug-likeness (QED) is 0.117. The second-order valence-corrected chi connectivity index (χ2v) is 23.5. The van der Waals surface area contributed by atoms with Gasteiger partial charge in [-0.05, 0) is 125 Å². The van der Waals surface area contributed by atoms with Gasteiger partial charge in [0.05, 0.1) is 83.2 Å². The molecule has 5 saturated carbocycles. The van der Waals surface area contributed by atoms with E-state index in [9.17, 15) is 46.0 Å². The highest BCUT2D eigenvalue weighted by atomic mass is 16.5. The SMILES string of the molecule is CCC[C@@H]1CC[C@H]2[C@H]3[C@@H](O[C@@H]2CC1)[C@@](O)([C@](C)(O)[C@H]1CC[C@@]2(O)C4=C(NC[C@H](C)O)C(=O)[C@@]56CC#C[C@H](CO)[C@@]12C[C@@]1(O)C=C[C@H](C2=CNC(N)C=C2)C[C@@]5(C[C@H](O)[C@H](O)C6)[C@H]41)CCC[C@@H]3O. The van der Waals surface area contributed by atoms with Gasteiger partial charge in [-0.3, -0.25) is 4.79 Å². The molecule has 9 aliphatic carbocycles. The normalized spacial score (nSPS) is 51.0. The molecule has 3 spiro atoms. The molecule has 0 aromatic carbocycles. The molecule has 11 aliphatic rings. The summed E-state index contributed by atoms with van der Waals surface area (Å²) in [5, 5.41) is 121. The first kappa shape index (κ1) is 48.0. The van der Waals surface area contributed by atoms with Gasteiger partial charge in [0.1, 0.15) is 5.60 Å². The average molecular weight is 932 g/mol. The Bertz CT molecular complexity index is 2170. The van der Waals surface area contributed by atoms with Crippen LogP contribution in [-0.4, -0.2) is 130 Å². The third-order valence-electron chi connectivity index (χ3n) is 20.3. The van der Waals surface area contributed by atoms with Crippen LogP contribution in [0.3, 0.4) is 0 Å². The van der Waals surface area contributed by atoms with E-state index in [0.29, 0.717) is 18.8 Å². The lowest BCUT2D eigenvalue weighted by molar-refractivity contribution is -0.276. The highest BCUT2D eigenvalue weighted by Crippen LogP contribution is 2.78. The Balaban J connectivity index is 1.19. The van der Waals surface area contributed by atoms with E-state index in [2.05, 4.69) is 29.4 Å². The molecule has 1 saturated heterocycles. The van der Waals surface area contributed by atoms with Gasteiger partial charge in [0, 0.05) is 48.3 Å². The Kier molecular flexibility index (Phi) is 12.0. The maximum atomic E-state index is 16.1. The summed E-state index contributed by atoms with van der Waals surface area (Å²) >= 11 is 0. The molecule has 1 unspecified atom stereocenters. The van der Waals surface area contributed by atoms with Gasteiger partial charge in [0.2, 0.25) is 0 Å². The first-order valence-corrected chi connectivity index (χ1v) is 25.8. The zero-order chi connectivity index (χ0) is 47.7. The Labute approximate surface area is 395 Å². The number of ether oxygens (including phenoxy) is 1. The molecule has 14 heteroatoms. The number of carbonyl (C=O) groups excluding carboxylic acids is 1. The number of aliphatic hydroxyl groups is 9. The fourth-order valence-corrected chi connectivity index (χ4v) is 17.4. The molecular formula is C53H77N3O11. The summed E-state index contributed by atoms with van der Waals surface area (Å²) < 4.78 is 7.02. The molecule has 0 aromatic heterocycles. The summed E-state index contributed by atoms with van der Waals surface area (Å²) in [6, 6.07) is 0. The molecule has 14 nitrogen and oxygen atoms in total. The van der Waals surface area contributed by atoms with Crippen LogP contribution in [0.15, 0.2) is 47.3 Å². The standard InChI is InChI=1S/C53H77N3O11/c1-4-7-30-10-13-34-38(14-11-30)67-46-41(34)35(59)9-6-19-53(46,66)47(3,63)39-17-21-52(65)42-43(56-25-29(2)58)45(62)48-18-5-8-33(27-57)51(39,52)28-50(64)20-16-31(32-12-15-40(54)55-26-32)22-49(48,44(42)50)24-37(61)36(60)23-48/h12,15-16,20,26,29-31,33-41,44,46,55-61,63-66H,4,6-7,9-11,13-14,17-19,21-25,27-28,54H2,1-3H3/t29-,30+,31-,33+,34+,35-,36+,37-,38+,39+,40?,41+,44-,46+,47+,48-,49+,50-,51-,52+,53+/m0/s1. The van der Waals surface area contributed by atoms with Crippen molar-refractivity contribution in [3.8, 4) is 11.8 Å². The van der Waals surface area contributed by atoms with E-state index < -0.39 is 117 Å². The summed E-state index contributed by atoms with van der Waals surface area (Å²) in [7, 11) is 0. The third kappa shape index (κ3) is 6.65. The van der Waals surface area contributed by atoms with Gasteiger partial charge < -0.3 is 67.1 Å². The maximum Gasteiger partial charge on any atom is 0.186 e. The van der Waals surface area contributed by atoms with E-state index >= 15 is 4.79 Å². The van der Waals surface area contributed by atoms with Gasteiger partial charge in [-0.2, -0.15) is 0 Å². The third-order valence-corrected chi connectivity index (χ3v) is 20.3. The Hall–Kier alpha value is -2.65. The van der Waals surface area contributed by atoms with Gasteiger partial charge in [-0.15, -0.1) is 5.92 Å². The minimum atomic E-state index is -2.08. The van der Waals surface area contributed by atoms with Crippen molar-refractivity contribution in [2.24, 2.45) is 63.4 Å². The topological polar surface area (TPSA) is 258 Å². The molecule has 11 rings (SSSR count). The van der Waals surface area contributed by atoms with Crippen molar-refractivity contribution in [3.63, 3.8) is 0 Å². The number of nitrogens with two attached hydrogens (primary N) is 1. The van der Waals surface area contributed by atoms with Crippen molar-refractivity contribution in [1.29, 1.82) is 0 Å². The minimum Gasteiger partial charge on any atom is -0.395 e. The number of hydrogen-bond donors (Lipinski definition) is 12. The number of rotatable bonds is 9. The predicted octanol–water partition coefficient (Wildman–Crippen LogP) is 2.10. The fourth-order valence-electron chi connectivity index (χ4n) is 17.4. The second kappa shape index (κ2) is 16.7. The first-order chi connectivity index (χ1) is 31.8. The highest BCUT2D eigenvalue weighted by Gasteiger charge is 2.82. The van der Waals surface area contributed by atoms with E-state index in [0.717, 1.165) is 44.1 Å². The predicted molar refractivity (Wildman–Crippen MR) is 247 cm³/mol. The number of Topliss-reactive ketones (excluding diaryl/α,β-unsaturated/α-hetero) is 1. The van der Waals surface area contributed by atoms with Crippen LogP contribution < -0.4 is 16.4 Å². The molecule has 0 radical (unpaired) electrons. The molecule has 2 heterocycles. The largest absolute Gasteiger partial charge is 0.395 e. The Morgan fingerprint density at radius 2 is 1.78 bits per heavy atom. The molecule has 370 valence electrons. The molecular weight excluding hydrogens is 855 g/mol. The summed E-state index contributed by atoms with van der Waals surface area (Å²) in [5.41, 5.74) is -5.34. The van der Waals surface area contributed by atoms with Crippen LogP contribution in [0.1, 0.15) is 124 Å². The van der Waals surface area contributed by atoms with Crippen molar-refractivity contribution in [2.75, 3.05) is 13.2 Å². The summed E-state index contributed by atoms with van der Waals surface area (Å²) in [4.78, 5) is 16.1. The molecule has 6 fully saturated rings. The molecule has 2 aliphatic heterocycles. The fraction of sp³-hybridized carbons (Fsp3) is 0.792. The van der Waals surface area contributed by atoms with Gasteiger partial charge in [0.15, 0.2) is 5.78 Å². The smallest absolute Gasteiger partial charge is 0.186 e. The minimum absolute atomic E-state index is 0.0177. The summed E-state index contributed by atoms with van der Waals surface area (Å²) in [6.45, 7) is 4.71. The van der Waals surface area contributed by atoms with Crippen LogP contribution in [-0.2, 0) is 9.53 Å². The molecule has 0 aromatic rings. The van der Waals surface area contributed by atoms with Crippen LogP contribution in [0.2, 0.25) is 0 Å². The van der Waals surface area contributed by atoms with Crippen LogP contribution in [0.5, 0.6) is 0 Å². The van der Waals surface area contributed by atoms with E-state index in [1.54, 1.807) is 19.9 Å². The van der Waals surface area contributed by atoms with Crippen LogP contribution in [0.25, 0.3) is 0 Å². The van der Waals surface area contributed by atoms with Crippen molar-refractivity contribution < 1.29 is 55.5 Å². The summed E-state index contributed by atoms with van der Waals surface area (Å²) in [6.07, 6.45) is 9.80. The van der Waals surface area contributed by atoms with E-state index in [4.69, 9.17) is 10.5 Å². The second-order valence-electron chi connectivity index (χ2n) is 23.5. The van der Waals surface area contributed by atoms with Crippen molar-refractivity contribution in [3.05, 3.63) is 47.3 Å². The first-order valence-electron chi connectivity index (χ1n) is 25.8. The van der Waals surface area contributed by atoms with E-state index in [1.165, 1.54) is 0 Å². The van der Waals surface area contributed by atoms with Crippen molar-refractivity contribution in [2.45, 2.75) is 189 Å². The number of ketones is 1. The van der Waals surface area contributed by atoms with Gasteiger partial charge in [-0.25, -0.2) is 0 Å². The number of nitrogens with one attached hydrogen (secondary N) is 2. The Morgan fingerprint density at radius 1 is 1.01 bits per heavy atom. The van der Waals surface area contributed by atoms with Crippen molar-refractivity contribution >= 4 is 5.78 Å². The zero-order valence-corrected chi connectivity index (χ0v) is 39.6. The monoisotopic (exact) mass is 932 g/mol. The molecule has 6 bridgehead atoms.